The summed E-state index contributed by atoms with van der Waals surface area (Å²) in [7, 11) is 0. The topological polar surface area (TPSA) is 51.8 Å². The second-order valence-electron chi connectivity index (χ2n) is 4.57. The minimum atomic E-state index is -0.512. The van der Waals surface area contributed by atoms with Crippen LogP contribution < -0.4 is 0 Å². The molecule has 0 radical (unpaired) electrons. The molecule has 0 saturated heterocycles. The summed E-state index contributed by atoms with van der Waals surface area (Å²) >= 11 is 0. The number of hydrogen-bond acceptors (Lipinski definition) is 4. The molecule has 0 fully saturated rings. The van der Waals surface area contributed by atoms with Crippen molar-refractivity contribution in [3.63, 3.8) is 0 Å². The Labute approximate surface area is 127 Å². The van der Waals surface area contributed by atoms with Gasteiger partial charge in [-0.3, -0.25) is 0 Å². The average molecular weight is 291 g/mol. The summed E-state index contributed by atoms with van der Waals surface area (Å²) in [5.41, 5.74) is 2.57. The van der Waals surface area contributed by atoms with Gasteiger partial charge in [0.25, 0.3) is 0 Å². The molecule has 0 atom stereocenters. The minimum Gasteiger partial charge on any atom is -0.463 e. The van der Waals surface area contributed by atoms with Crippen molar-refractivity contribution in [2.24, 2.45) is 5.16 Å². The molecule has 2 aromatic carbocycles. The highest BCUT2D eigenvalue weighted by Gasteiger charge is 2.07. The Morgan fingerprint density at radius 2 is 1.64 bits per heavy atom. The van der Waals surface area contributed by atoms with Crippen molar-refractivity contribution >= 4 is 12.2 Å². The van der Waals surface area contributed by atoms with Crippen molar-refractivity contribution in [3.05, 3.63) is 84.3 Å². The van der Waals surface area contributed by atoms with E-state index < -0.39 is 5.97 Å². The summed E-state index contributed by atoms with van der Waals surface area (Å²) < 4.78 is 5.05. The first-order valence-corrected chi connectivity index (χ1v) is 6.76. The molecule has 1 aromatic heterocycles. The summed E-state index contributed by atoms with van der Waals surface area (Å²) in [6.07, 6.45) is 2.86. The Morgan fingerprint density at radius 1 is 0.909 bits per heavy atom. The van der Waals surface area contributed by atoms with E-state index >= 15 is 0 Å². The van der Waals surface area contributed by atoms with Crippen LogP contribution in [0.15, 0.2) is 82.6 Å². The summed E-state index contributed by atoms with van der Waals surface area (Å²) in [6.45, 7) is 0. The molecular weight excluding hydrogens is 278 g/mol. The number of carbonyl (C=O) groups excluding carboxylic acids is 1. The summed E-state index contributed by atoms with van der Waals surface area (Å²) in [5.74, 6) is 0.00893. The highest BCUT2D eigenvalue weighted by molar-refractivity contribution is 5.90. The first-order chi connectivity index (χ1) is 10.8. The molecule has 0 N–H and O–H groups in total. The highest BCUT2D eigenvalue weighted by atomic mass is 16.7. The molecule has 0 unspecified atom stereocenters. The molecule has 108 valence electrons. The van der Waals surface area contributed by atoms with E-state index in [0.717, 1.165) is 11.1 Å². The lowest BCUT2D eigenvalue weighted by atomic mass is 10.0. The van der Waals surface area contributed by atoms with Crippen LogP contribution in [0.2, 0.25) is 0 Å². The monoisotopic (exact) mass is 291 g/mol. The smallest absolute Gasteiger partial charge is 0.365 e. The maximum atomic E-state index is 11.9. The first kappa shape index (κ1) is 13.8. The highest BCUT2D eigenvalue weighted by Crippen LogP contribution is 2.19. The van der Waals surface area contributed by atoms with Crippen molar-refractivity contribution in [1.29, 1.82) is 0 Å². The van der Waals surface area contributed by atoms with Crippen LogP contribution >= 0.6 is 0 Å². The van der Waals surface area contributed by atoms with Crippen molar-refractivity contribution in [3.8, 4) is 11.1 Å². The second kappa shape index (κ2) is 6.54. The van der Waals surface area contributed by atoms with Crippen molar-refractivity contribution in [2.45, 2.75) is 0 Å². The molecule has 0 saturated carbocycles. The largest absolute Gasteiger partial charge is 0.463 e. The molecule has 1 heterocycles. The van der Waals surface area contributed by atoms with Crippen LogP contribution in [0.1, 0.15) is 16.1 Å². The van der Waals surface area contributed by atoms with E-state index in [2.05, 4.69) is 5.16 Å². The number of nitrogens with zero attached hydrogens (tertiary/aromatic N) is 1. The van der Waals surface area contributed by atoms with Gasteiger partial charge in [-0.15, -0.1) is 0 Å². The van der Waals surface area contributed by atoms with Crippen LogP contribution in [-0.2, 0) is 4.84 Å². The SMILES string of the molecule is O=C(O/N=C\c1ccco1)c1ccc(-c2ccccc2)cc1. The number of rotatable bonds is 4. The van der Waals surface area contributed by atoms with Gasteiger partial charge in [0, 0.05) is 0 Å². The molecule has 4 heteroatoms. The van der Waals surface area contributed by atoms with Crippen LogP contribution in [0.3, 0.4) is 0 Å². The number of carbonyl (C=O) groups is 1. The molecule has 0 aliphatic rings. The third-order valence-electron chi connectivity index (χ3n) is 3.09. The van der Waals surface area contributed by atoms with Crippen LogP contribution in [-0.4, -0.2) is 12.2 Å². The van der Waals surface area contributed by atoms with Gasteiger partial charge < -0.3 is 9.25 Å². The van der Waals surface area contributed by atoms with E-state index in [9.17, 15) is 4.79 Å². The Morgan fingerprint density at radius 3 is 2.32 bits per heavy atom. The number of furan rings is 1. The van der Waals surface area contributed by atoms with Gasteiger partial charge in [0.05, 0.1) is 11.8 Å². The lowest BCUT2D eigenvalue weighted by molar-refractivity contribution is 0.0519. The predicted octanol–water partition coefficient (Wildman–Crippen LogP) is 4.14. The van der Waals surface area contributed by atoms with Crippen LogP contribution in [0, 0.1) is 0 Å². The molecule has 0 amide bonds. The Kier molecular flexibility index (Phi) is 4.11. The fourth-order valence-corrected chi connectivity index (χ4v) is 1.97. The van der Waals surface area contributed by atoms with Crippen molar-refractivity contribution in [1.82, 2.24) is 0 Å². The first-order valence-electron chi connectivity index (χ1n) is 6.76. The quantitative estimate of drug-likeness (QED) is 0.412. The zero-order chi connectivity index (χ0) is 15.2. The van der Waals surface area contributed by atoms with Crippen LogP contribution in [0.5, 0.6) is 0 Å². The van der Waals surface area contributed by atoms with Gasteiger partial charge in [-0.25, -0.2) is 4.79 Å². The lowest BCUT2D eigenvalue weighted by Crippen LogP contribution is -2.00. The van der Waals surface area contributed by atoms with Gasteiger partial charge in [0.15, 0.2) is 0 Å². The zero-order valence-corrected chi connectivity index (χ0v) is 11.7. The van der Waals surface area contributed by atoms with Gasteiger partial charge in [-0.2, -0.15) is 0 Å². The normalized spacial score (nSPS) is 10.7. The number of hydrogen-bond donors (Lipinski definition) is 0. The van der Waals surface area contributed by atoms with Gasteiger partial charge in [0.2, 0.25) is 0 Å². The van der Waals surface area contributed by atoms with E-state index in [1.54, 1.807) is 24.3 Å². The van der Waals surface area contributed by atoms with Crippen LogP contribution in [0.4, 0.5) is 0 Å². The lowest BCUT2D eigenvalue weighted by Gasteiger charge is -2.02. The number of oxime groups is 1. The molecule has 0 bridgehead atoms. The molecule has 3 rings (SSSR count). The number of benzene rings is 2. The van der Waals surface area contributed by atoms with Gasteiger partial charge in [0.1, 0.15) is 12.0 Å². The summed E-state index contributed by atoms with van der Waals surface area (Å²) in [6, 6.07) is 20.6. The summed E-state index contributed by atoms with van der Waals surface area (Å²) in [5, 5.41) is 3.60. The Balaban J connectivity index is 1.66. The molecule has 3 aromatic rings. The Bertz CT molecular complexity index is 760. The fourth-order valence-electron chi connectivity index (χ4n) is 1.97. The van der Waals surface area contributed by atoms with E-state index in [-0.39, 0.29) is 0 Å². The van der Waals surface area contributed by atoms with Crippen molar-refractivity contribution in [2.75, 3.05) is 0 Å². The molecule has 22 heavy (non-hydrogen) atoms. The second-order valence-corrected chi connectivity index (χ2v) is 4.57. The molecular formula is C18H13NO3. The van der Waals surface area contributed by atoms with Crippen LogP contribution in [0.25, 0.3) is 11.1 Å². The molecule has 0 spiro atoms. The standard InChI is InChI=1S/C18H13NO3/c20-18(22-19-13-17-7-4-12-21-17)16-10-8-15(9-11-16)14-5-2-1-3-6-14/h1-13H/b19-13-. The van der Waals surface area contributed by atoms with E-state index in [1.807, 2.05) is 42.5 Å². The van der Waals surface area contributed by atoms with Gasteiger partial charge in [-0.05, 0) is 35.4 Å². The molecule has 4 nitrogen and oxygen atoms in total. The molecule has 0 aliphatic carbocycles. The van der Waals surface area contributed by atoms with Crippen molar-refractivity contribution < 1.29 is 14.0 Å². The average Bonchev–Trinajstić information content (AvgIpc) is 3.09. The molecule has 0 aliphatic heterocycles. The third-order valence-corrected chi connectivity index (χ3v) is 3.09. The fraction of sp³-hybridized carbons (Fsp3) is 0. The van der Waals surface area contributed by atoms with Gasteiger partial charge >= 0.3 is 5.97 Å². The minimum absolute atomic E-state index is 0.441. The maximum absolute atomic E-state index is 11.9. The third kappa shape index (κ3) is 3.30. The van der Waals surface area contributed by atoms with Gasteiger partial charge in [-0.1, -0.05) is 47.6 Å². The Hall–Kier alpha value is -3.14. The summed E-state index contributed by atoms with van der Waals surface area (Å²) in [4.78, 5) is 16.7. The zero-order valence-electron chi connectivity index (χ0n) is 11.7. The maximum Gasteiger partial charge on any atom is 0.365 e. The predicted molar refractivity (Wildman–Crippen MR) is 83.6 cm³/mol. The van der Waals surface area contributed by atoms with E-state index in [4.69, 9.17) is 9.25 Å². The van der Waals surface area contributed by atoms with E-state index in [0.29, 0.717) is 11.3 Å². The van der Waals surface area contributed by atoms with E-state index in [1.165, 1.54) is 12.5 Å².